The summed E-state index contributed by atoms with van der Waals surface area (Å²) in [5.74, 6) is 1.11. The fourth-order valence-corrected chi connectivity index (χ4v) is 14.8. The van der Waals surface area contributed by atoms with E-state index in [1.807, 2.05) is 52.0 Å². The highest BCUT2D eigenvalue weighted by Gasteiger charge is 2.44. The summed E-state index contributed by atoms with van der Waals surface area (Å²) in [6, 6.07) is 0. The molecule has 0 saturated carbocycles. The SMILES string of the molecule is CCC1=C(C)C2=NC1=CC1=C(C)C3=C(O)CC(=C4NC(=CC5=NC(=C2)C(OC)=C5C)[C@@H](C)[C@@H]4CCC(=O)OCCOCCOCCOCCOCCOCCOC(=O)CC[C@@H]2C4=C5CC(O)=C6C5=NC(=C6C)C=C5N=C(C=C6N=C(C=C(N4)[C@H]2C)C(C)=C6OC)C(C)=C5CC)C3=N1. The van der Waals surface area contributed by atoms with E-state index in [9.17, 15) is 19.8 Å². The van der Waals surface area contributed by atoms with Gasteiger partial charge in [0.2, 0.25) is 0 Å². The Kier molecular flexibility index (Phi) is 20.9. The summed E-state index contributed by atoms with van der Waals surface area (Å²) < 4.78 is 51.5. The van der Waals surface area contributed by atoms with Gasteiger partial charge in [0.05, 0.1) is 137 Å². The maximum absolute atomic E-state index is 13.3. The van der Waals surface area contributed by atoms with Gasteiger partial charge in [0.1, 0.15) is 47.6 Å². The van der Waals surface area contributed by atoms with Crippen molar-refractivity contribution in [2.75, 3.05) is 93.5 Å². The number of aliphatic hydroxyl groups excluding tert-OH is 2. The Labute approximate surface area is 567 Å². The fraction of sp³-hybridized carbons (Fsp3) is 0.474. The second-order valence-corrected chi connectivity index (χ2v) is 25.9. The van der Waals surface area contributed by atoms with Crippen LogP contribution in [0.4, 0.5) is 0 Å². The molecule has 10 aliphatic heterocycles. The number of ether oxygens (including phenoxy) is 9. The smallest absolute Gasteiger partial charge is 0.305 e. The van der Waals surface area contributed by atoms with Crippen molar-refractivity contribution in [3.8, 4) is 0 Å². The Morgan fingerprint density at radius 2 is 0.794 bits per heavy atom. The van der Waals surface area contributed by atoms with Gasteiger partial charge in [-0.1, -0.05) is 27.7 Å². The number of esters is 2. The van der Waals surface area contributed by atoms with Crippen LogP contribution in [0, 0.1) is 23.7 Å². The van der Waals surface area contributed by atoms with Crippen LogP contribution in [-0.4, -0.2) is 150 Å². The standard InChI is InChI=1S/C76H90N8O13/c1-13-47-39(3)53-37-63-75(89-11)45(9)59(79-63)33-55-41(5)49(71(81-55)51-31-65(85)69-43(7)57(83-73(51)69)35-61(47)77-53)15-17-67(87)96-29-27-94-25-23-92-21-19-91-20-22-93-24-26-95-28-30-97-68(88)18-16-50-42(6)56-34-60-46(10)76(90-12)64(80-60)38-54-40(4)48(14-2)62(78-54)36-58-44(8)70-66(86)32-52(72(50)82-56)74(70)84-58/h33-38,41-42,49-50,81-82,85-86H,13-32H2,1-12H3/t41-,42-,49-,50-/m0/s1. The molecule has 16 bridgehead atoms. The molecule has 0 spiro atoms. The van der Waals surface area contributed by atoms with Gasteiger partial charge in [-0.3, -0.25) is 9.59 Å². The molecule has 21 heteroatoms. The minimum Gasteiger partial charge on any atom is -0.511 e. The molecule has 2 saturated heterocycles. The van der Waals surface area contributed by atoms with Gasteiger partial charge in [-0.15, -0.1) is 0 Å². The summed E-state index contributed by atoms with van der Waals surface area (Å²) in [5.41, 5.74) is 24.7. The van der Waals surface area contributed by atoms with Gasteiger partial charge in [-0.05, 0) is 137 Å². The van der Waals surface area contributed by atoms with Crippen LogP contribution in [0.3, 0.4) is 0 Å². The number of methoxy groups -OCH3 is 2. The minimum atomic E-state index is -0.316. The van der Waals surface area contributed by atoms with E-state index in [0.717, 1.165) is 160 Å². The molecule has 0 amide bonds. The lowest BCUT2D eigenvalue weighted by molar-refractivity contribution is -0.146. The van der Waals surface area contributed by atoms with Crippen molar-refractivity contribution in [2.24, 2.45) is 53.6 Å². The fourth-order valence-electron chi connectivity index (χ4n) is 14.8. The molecule has 0 aromatic rings. The Morgan fingerprint density at radius 3 is 1.14 bits per heavy atom. The Balaban J connectivity index is 0.528. The number of carbonyl (C=O) groups is 2. The number of carbonyl (C=O) groups excluding carboxylic acids is 2. The van der Waals surface area contributed by atoms with Gasteiger partial charge in [0.25, 0.3) is 0 Å². The van der Waals surface area contributed by atoms with Crippen LogP contribution in [0.25, 0.3) is 0 Å². The van der Waals surface area contributed by atoms with E-state index < -0.39 is 0 Å². The van der Waals surface area contributed by atoms with Gasteiger partial charge < -0.3 is 63.5 Å². The molecule has 0 aromatic carbocycles. The van der Waals surface area contributed by atoms with E-state index in [0.29, 0.717) is 101 Å². The Morgan fingerprint density at radius 1 is 0.454 bits per heavy atom. The number of nitrogens with zero attached hydrogens (tertiary/aromatic N) is 6. The number of hydrogen-bond acceptors (Lipinski definition) is 21. The van der Waals surface area contributed by atoms with Gasteiger partial charge in [-0.2, -0.15) is 0 Å². The number of nitrogens with one attached hydrogen (secondary N) is 2. The largest absolute Gasteiger partial charge is 0.511 e. The van der Waals surface area contributed by atoms with Crippen LogP contribution in [0.2, 0.25) is 0 Å². The highest BCUT2D eigenvalue weighted by Crippen LogP contribution is 2.49. The lowest BCUT2D eigenvalue weighted by atomic mass is 9.86. The summed E-state index contributed by atoms with van der Waals surface area (Å²) in [6.07, 6.45) is 15.9. The predicted molar refractivity (Wildman–Crippen MR) is 373 cm³/mol. The zero-order chi connectivity index (χ0) is 68.3. The molecule has 2 fully saturated rings. The van der Waals surface area contributed by atoms with Crippen molar-refractivity contribution in [3.63, 3.8) is 0 Å². The number of allylic oxidation sites excluding steroid dienone is 22. The molecule has 12 rings (SSSR count). The van der Waals surface area contributed by atoms with Gasteiger partial charge in [0, 0.05) is 106 Å². The van der Waals surface area contributed by atoms with Crippen LogP contribution >= 0.6 is 0 Å². The van der Waals surface area contributed by atoms with E-state index in [1.54, 1.807) is 14.2 Å². The maximum atomic E-state index is 13.3. The summed E-state index contributed by atoms with van der Waals surface area (Å²) >= 11 is 0. The number of aliphatic imine (C=N–C) groups is 6. The quantitative estimate of drug-likeness (QED) is 0.0420. The van der Waals surface area contributed by atoms with Crippen molar-refractivity contribution in [1.29, 1.82) is 0 Å². The lowest BCUT2D eigenvalue weighted by Crippen LogP contribution is -2.17. The Hall–Kier alpha value is -8.60. The summed E-state index contributed by atoms with van der Waals surface area (Å²) in [4.78, 5) is 57.2. The third kappa shape index (κ3) is 13.7. The molecule has 0 aromatic heterocycles. The van der Waals surface area contributed by atoms with Crippen molar-refractivity contribution in [2.45, 2.75) is 121 Å². The van der Waals surface area contributed by atoms with Crippen LogP contribution < -0.4 is 10.6 Å². The van der Waals surface area contributed by atoms with Crippen molar-refractivity contribution >= 4 is 46.2 Å². The number of aliphatic hydroxyl groups is 2. The van der Waals surface area contributed by atoms with Gasteiger partial charge in [0.15, 0.2) is 0 Å². The topological polar surface area (TPSA) is 256 Å². The van der Waals surface area contributed by atoms with Crippen LogP contribution in [0.1, 0.15) is 121 Å². The zero-order valence-corrected chi connectivity index (χ0v) is 58.0. The average molecular weight is 1320 g/mol. The normalized spacial score (nSPS) is 23.1. The second kappa shape index (κ2) is 29.6. The number of fused-ring (bicyclic) bond motifs is 10. The van der Waals surface area contributed by atoms with Crippen molar-refractivity contribution in [3.05, 3.63) is 183 Å². The first-order chi connectivity index (χ1) is 46.9. The maximum Gasteiger partial charge on any atom is 0.305 e. The van der Waals surface area contributed by atoms with Gasteiger partial charge in [-0.25, -0.2) is 30.0 Å². The van der Waals surface area contributed by atoms with E-state index in [-0.39, 0.29) is 86.4 Å². The zero-order valence-electron chi connectivity index (χ0n) is 58.0. The lowest BCUT2D eigenvalue weighted by Gasteiger charge is -2.17. The summed E-state index contributed by atoms with van der Waals surface area (Å²) in [7, 11) is 3.33. The van der Waals surface area contributed by atoms with E-state index >= 15 is 0 Å². The molecular formula is C76H90N8O13. The van der Waals surface area contributed by atoms with E-state index in [2.05, 4.69) is 64.3 Å². The monoisotopic (exact) mass is 1320 g/mol. The first kappa shape index (κ1) is 68.3. The molecule has 12 aliphatic rings. The molecule has 512 valence electrons. The molecule has 0 radical (unpaired) electrons. The first-order valence-corrected chi connectivity index (χ1v) is 34.1. The summed E-state index contributed by atoms with van der Waals surface area (Å²) in [5, 5.41) is 30.5. The highest BCUT2D eigenvalue weighted by molar-refractivity contribution is 6.22. The Bertz CT molecular complexity index is 3860. The molecule has 97 heavy (non-hydrogen) atoms. The minimum absolute atomic E-state index is 0.0208. The second-order valence-electron chi connectivity index (χ2n) is 25.9. The van der Waals surface area contributed by atoms with Gasteiger partial charge >= 0.3 is 11.9 Å². The van der Waals surface area contributed by atoms with Crippen LogP contribution in [0.15, 0.2) is 213 Å². The molecule has 21 nitrogen and oxygen atoms in total. The van der Waals surface area contributed by atoms with Crippen LogP contribution in [0.5, 0.6) is 0 Å². The molecule has 4 N–H and O–H groups in total. The van der Waals surface area contributed by atoms with Crippen LogP contribution in [-0.2, 0) is 52.2 Å². The number of rotatable bonds is 28. The van der Waals surface area contributed by atoms with E-state index in [4.69, 9.17) is 72.6 Å². The average Bonchev–Trinajstić information content (AvgIpc) is 1.59. The molecule has 4 atom stereocenters. The molecule has 0 unspecified atom stereocenters. The molecule has 2 aliphatic carbocycles. The predicted octanol–water partition coefficient (Wildman–Crippen LogP) is 12.3. The molecular weight excluding hydrogens is 1230 g/mol. The van der Waals surface area contributed by atoms with Crippen molar-refractivity contribution in [1.82, 2.24) is 10.6 Å². The van der Waals surface area contributed by atoms with Crippen molar-refractivity contribution < 1.29 is 62.4 Å². The third-order valence-corrected chi connectivity index (χ3v) is 20.2. The highest BCUT2D eigenvalue weighted by atomic mass is 16.6. The first-order valence-electron chi connectivity index (χ1n) is 34.1. The summed E-state index contributed by atoms with van der Waals surface area (Å²) in [6.45, 7) is 24.4. The number of hydrogen-bond donors (Lipinski definition) is 4. The van der Waals surface area contributed by atoms with E-state index in [1.165, 1.54) is 0 Å². The third-order valence-electron chi connectivity index (χ3n) is 20.2. The molecule has 10 heterocycles.